The van der Waals surface area contributed by atoms with Crippen molar-refractivity contribution in [1.29, 1.82) is 0 Å². The molecule has 0 aliphatic carbocycles. The molecular weight excluding hydrogens is 218 g/mol. The Morgan fingerprint density at radius 3 is 3.00 bits per heavy atom. The van der Waals surface area contributed by atoms with Gasteiger partial charge in [-0.05, 0) is 13.8 Å². The molecule has 0 spiro atoms. The second-order valence-electron chi connectivity index (χ2n) is 5.15. The van der Waals surface area contributed by atoms with Gasteiger partial charge in [0.1, 0.15) is 17.8 Å². The quantitative estimate of drug-likeness (QED) is 0.693. The highest BCUT2D eigenvalue weighted by Gasteiger charge is 2.33. The van der Waals surface area contributed by atoms with E-state index in [1.807, 2.05) is 7.05 Å². The molecule has 0 aromatic carbocycles. The molecule has 1 aliphatic heterocycles. The van der Waals surface area contributed by atoms with Crippen molar-refractivity contribution in [3.05, 3.63) is 17.7 Å². The van der Waals surface area contributed by atoms with Crippen LogP contribution in [0.25, 0.3) is 11.1 Å². The van der Waals surface area contributed by atoms with E-state index in [9.17, 15) is 0 Å². The van der Waals surface area contributed by atoms with Gasteiger partial charge in [0.2, 0.25) is 12.1 Å². The number of anilines is 1. The smallest absolute Gasteiger partial charge is 0.309 e. The highest BCUT2D eigenvalue weighted by atomic mass is 16.5. The number of furan rings is 1. The molecule has 2 N–H and O–H groups in total. The van der Waals surface area contributed by atoms with E-state index in [0.717, 1.165) is 23.1 Å². The van der Waals surface area contributed by atoms with Gasteiger partial charge in [0.15, 0.2) is 0 Å². The lowest BCUT2D eigenvalue weighted by Gasteiger charge is -2.29. The Hall–Kier alpha value is -1.62. The zero-order valence-electron chi connectivity index (χ0n) is 10.3. The monoisotopic (exact) mass is 234 g/mol. The van der Waals surface area contributed by atoms with Gasteiger partial charge in [0.05, 0.1) is 12.6 Å². The highest BCUT2D eigenvalue weighted by Crippen LogP contribution is 2.35. The fraction of sp³-hybridized carbons (Fsp3) is 0.500. The summed E-state index contributed by atoms with van der Waals surface area (Å²) < 4.78 is 13.2. The number of nitrogen functional groups attached to an aromatic ring is 1. The maximum absolute atomic E-state index is 6.10. The summed E-state index contributed by atoms with van der Waals surface area (Å²) in [6.45, 7) is 4.63. The molecule has 0 saturated carbocycles. The maximum atomic E-state index is 6.10. The van der Waals surface area contributed by atoms with Crippen LogP contribution in [0.4, 0.5) is 5.82 Å². The van der Waals surface area contributed by atoms with E-state index in [-0.39, 0.29) is 5.60 Å². The average molecular weight is 234 g/mol. The molecule has 2 aromatic heterocycles. The molecule has 0 saturated heterocycles. The molecule has 17 heavy (non-hydrogen) atoms. The van der Waals surface area contributed by atoms with Crippen molar-refractivity contribution >= 4 is 16.9 Å². The zero-order chi connectivity index (χ0) is 12.2. The average Bonchev–Trinajstić information content (AvgIpc) is 2.60. The highest BCUT2D eigenvalue weighted by molar-refractivity contribution is 5.87. The fourth-order valence-corrected chi connectivity index (χ4v) is 2.27. The summed E-state index contributed by atoms with van der Waals surface area (Å²) in [4.78, 5) is 4.26. The van der Waals surface area contributed by atoms with E-state index in [2.05, 4.69) is 18.8 Å². The minimum absolute atomic E-state index is 0.176. The number of nitrogens with zero attached hydrogens (tertiary/aromatic N) is 2. The van der Waals surface area contributed by atoms with Crippen molar-refractivity contribution in [3.8, 4) is 0 Å². The molecule has 5 nitrogen and oxygen atoms in total. The summed E-state index contributed by atoms with van der Waals surface area (Å²) in [5.74, 6) is 1.54. The van der Waals surface area contributed by atoms with Crippen molar-refractivity contribution in [3.63, 3.8) is 0 Å². The van der Waals surface area contributed by atoms with Crippen LogP contribution in [0.15, 0.2) is 10.7 Å². The predicted octanol–water partition coefficient (Wildman–Crippen LogP) is 1.09. The van der Waals surface area contributed by atoms with Gasteiger partial charge in [-0.25, -0.2) is 4.57 Å². The van der Waals surface area contributed by atoms with Gasteiger partial charge in [0.25, 0.3) is 0 Å². The third-order valence-corrected chi connectivity index (χ3v) is 3.25. The van der Waals surface area contributed by atoms with Crippen molar-refractivity contribution in [1.82, 2.24) is 4.98 Å². The SMILES string of the molecule is C[n+]1cnc2oc3c(c2c1N)CC(C)(C)OC3. The Morgan fingerprint density at radius 2 is 2.24 bits per heavy atom. The summed E-state index contributed by atoms with van der Waals surface area (Å²) in [6.07, 6.45) is 2.46. The topological polar surface area (TPSA) is 65.2 Å². The van der Waals surface area contributed by atoms with E-state index in [1.165, 1.54) is 0 Å². The summed E-state index contributed by atoms with van der Waals surface area (Å²) in [7, 11) is 1.88. The Labute approximate surface area is 99.2 Å². The Bertz CT molecular complexity index is 601. The molecule has 3 rings (SSSR count). The fourth-order valence-electron chi connectivity index (χ4n) is 2.27. The number of aryl methyl sites for hydroxylation is 1. The Kier molecular flexibility index (Phi) is 1.98. The largest absolute Gasteiger partial charge is 0.428 e. The second kappa shape index (κ2) is 3.20. The number of rotatable bonds is 0. The first-order valence-electron chi connectivity index (χ1n) is 5.66. The van der Waals surface area contributed by atoms with Crippen molar-refractivity contribution in [2.75, 3.05) is 5.73 Å². The number of ether oxygens (including phenoxy) is 1. The number of nitrogens with two attached hydrogens (primary N) is 1. The number of fused-ring (bicyclic) bond motifs is 3. The third kappa shape index (κ3) is 1.50. The lowest BCUT2D eigenvalue weighted by atomic mass is 9.94. The van der Waals surface area contributed by atoms with Crippen LogP contribution in [0.3, 0.4) is 0 Å². The molecule has 0 atom stereocenters. The lowest BCUT2D eigenvalue weighted by Crippen LogP contribution is -2.34. The van der Waals surface area contributed by atoms with E-state index in [4.69, 9.17) is 14.9 Å². The molecule has 0 amide bonds. The molecule has 3 heterocycles. The maximum Gasteiger partial charge on any atom is 0.309 e. The first kappa shape index (κ1) is 10.5. The van der Waals surface area contributed by atoms with Crippen LogP contribution in [0, 0.1) is 0 Å². The number of hydrogen-bond donors (Lipinski definition) is 1. The molecule has 0 fully saturated rings. The van der Waals surface area contributed by atoms with Crippen LogP contribution in [-0.4, -0.2) is 10.6 Å². The second-order valence-corrected chi connectivity index (χ2v) is 5.15. The summed E-state index contributed by atoms with van der Waals surface area (Å²) in [5, 5.41) is 0.932. The predicted molar refractivity (Wildman–Crippen MR) is 62.2 cm³/mol. The van der Waals surface area contributed by atoms with Gasteiger partial charge in [-0.1, -0.05) is 4.98 Å². The summed E-state index contributed by atoms with van der Waals surface area (Å²) >= 11 is 0. The van der Waals surface area contributed by atoms with E-state index in [0.29, 0.717) is 18.1 Å². The van der Waals surface area contributed by atoms with Crippen LogP contribution in [0.1, 0.15) is 25.2 Å². The molecule has 2 aromatic rings. The first-order valence-corrected chi connectivity index (χ1v) is 5.66. The van der Waals surface area contributed by atoms with Gasteiger partial charge >= 0.3 is 5.71 Å². The molecule has 1 aliphatic rings. The minimum atomic E-state index is -0.176. The van der Waals surface area contributed by atoms with Crippen LogP contribution in [0.5, 0.6) is 0 Å². The van der Waals surface area contributed by atoms with Gasteiger partial charge in [-0.15, -0.1) is 0 Å². The molecule has 5 heteroatoms. The number of hydrogen-bond acceptors (Lipinski definition) is 4. The minimum Gasteiger partial charge on any atom is -0.428 e. The Morgan fingerprint density at radius 1 is 1.47 bits per heavy atom. The molecule has 0 radical (unpaired) electrons. The summed E-state index contributed by atoms with van der Waals surface area (Å²) in [6, 6.07) is 0. The van der Waals surface area contributed by atoms with Gasteiger partial charge in [-0.3, -0.25) is 0 Å². The third-order valence-electron chi connectivity index (χ3n) is 3.25. The van der Waals surface area contributed by atoms with E-state index in [1.54, 1.807) is 10.9 Å². The van der Waals surface area contributed by atoms with Crippen LogP contribution in [0.2, 0.25) is 0 Å². The first-order chi connectivity index (χ1) is 7.98. The van der Waals surface area contributed by atoms with E-state index < -0.39 is 0 Å². The van der Waals surface area contributed by atoms with Gasteiger partial charge in [0, 0.05) is 12.0 Å². The molecular formula is C12H16N3O2+. The van der Waals surface area contributed by atoms with Crippen molar-refractivity contribution in [2.24, 2.45) is 7.05 Å². The lowest BCUT2D eigenvalue weighted by molar-refractivity contribution is -0.658. The molecule has 90 valence electrons. The van der Waals surface area contributed by atoms with Crippen LogP contribution < -0.4 is 10.3 Å². The number of aromatic nitrogens is 2. The summed E-state index contributed by atoms with van der Waals surface area (Å²) in [5.41, 5.74) is 7.66. The van der Waals surface area contributed by atoms with E-state index >= 15 is 0 Å². The Balaban J connectivity index is 2.30. The standard InChI is InChI=1S/C12H15N3O2/c1-12(2)4-7-8(5-16-12)17-11-9(7)10(13)15(3)6-14-11/h6,13H,4-5H2,1-3H3/p+1. The van der Waals surface area contributed by atoms with Gasteiger partial charge in [-0.2, -0.15) is 0 Å². The van der Waals surface area contributed by atoms with Crippen molar-refractivity contribution in [2.45, 2.75) is 32.5 Å². The normalized spacial score (nSPS) is 18.3. The van der Waals surface area contributed by atoms with Crippen LogP contribution in [-0.2, 0) is 24.8 Å². The van der Waals surface area contributed by atoms with Crippen molar-refractivity contribution < 1.29 is 13.7 Å². The zero-order valence-corrected chi connectivity index (χ0v) is 10.3. The van der Waals surface area contributed by atoms with Crippen LogP contribution >= 0.6 is 0 Å². The van der Waals surface area contributed by atoms with Gasteiger partial charge < -0.3 is 14.9 Å². The molecule has 0 unspecified atom stereocenters. The molecule has 0 bridgehead atoms.